The molecule has 0 fully saturated rings. The first-order chi connectivity index (χ1) is 8.75. The van der Waals surface area contributed by atoms with Crippen LogP contribution in [0.4, 0.5) is 0 Å². The quantitative estimate of drug-likeness (QED) is 0.878. The number of ether oxygens (including phenoxy) is 1. The van der Waals surface area contributed by atoms with Gasteiger partial charge in [0.15, 0.2) is 0 Å². The van der Waals surface area contributed by atoms with Crippen LogP contribution in [0.3, 0.4) is 0 Å². The van der Waals surface area contributed by atoms with Crippen molar-refractivity contribution in [1.82, 2.24) is 4.98 Å². The van der Waals surface area contributed by atoms with E-state index in [2.05, 4.69) is 23.2 Å². The first-order valence-corrected chi connectivity index (χ1v) is 6.20. The van der Waals surface area contributed by atoms with E-state index in [1.54, 1.807) is 0 Å². The van der Waals surface area contributed by atoms with Gasteiger partial charge >= 0.3 is 0 Å². The summed E-state index contributed by atoms with van der Waals surface area (Å²) in [5, 5.41) is 1.10. The van der Waals surface area contributed by atoms with E-state index < -0.39 is 0 Å². The van der Waals surface area contributed by atoms with Crippen LogP contribution in [-0.4, -0.2) is 11.6 Å². The molecule has 18 heavy (non-hydrogen) atoms. The summed E-state index contributed by atoms with van der Waals surface area (Å²) < 4.78 is 5.57. The lowest BCUT2D eigenvalue weighted by Gasteiger charge is -2.16. The molecule has 0 saturated heterocycles. The van der Waals surface area contributed by atoms with Crippen LogP contribution in [0.1, 0.15) is 23.7 Å². The smallest absolute Gasteiger partial charge is 0.113 e. The lowest BCUT2D eigenvalue weighted by molar-refractivity contribution is 0.225. The number of rotatable bonds is 2. The summed E-state index contributed by atoms with van der Waals surface area (Å²) in [6, 6.07) is 9.94. The highest BCUT2D eigenvalue weighted by Crippen LogP contribution is 2.29. The molecule has 1 aromatic heterocycles. The van der Waals surface area contributed by atoms with Crippen molar-refractivity contribution >= 4 is 10.9 Å². The number of benzene rings is 1. The molecule has 2 N–H and O–H groups in total. The molecule has 1 aliphatic rings. The maximum Gasteiger partial charge on any atom is 0.113 e. The molecule has 0 spiro atoms. The van der Waals surface area contributed by atoms with E-state index in [-0.39, 0.29) is 6.04 Å². The van der Waals surface area contributed by atoms with Crippen LogP contribution in [-0.2, 0) is 4.74 Å². The van der Waals surface area contributed by atoms with Crippen molar-refractivity contribution in [3.05, 3.63) is 53.4 Å². The molecule has 3 rings (SSSR count). The fraction of sp³-hybridized carbons (Fsp3) is 0.267. The van der Waals surface area contributed by atoms with E-state index >= 15 is 0 Å². The van der Waals surface area contributed by atoms with Gasteiger partial charge in [0.2, 0.25) is 0 Å². The second-order valence-corrected chi connectivity index (χ2v) is 4.59. The Morgan fingerprint density at radius 3 is 2.94 bits per heavy atom. The molecule has 0 saturated carbocycles. The number of aromatic nitrogens is 1. The van der Waals surface area contributed by atoms with Gasteiger partial charge in [0, 0.05) is 17.5 Å². The average molecular weight is 240 g/mol. The lowest BCUT2D eigenvalue weighted by Crippen LogP contribution is -2.14. The fourth-order valence-corrected chi connectivity index (χ4v) is 2.40. The molecule has 1 aromatic carbocycles. The molecule has 3 nitrogen and oxygen atoms in total. The zero-order valence-electron chi connectivity index (χ0n) is 10.4. The SMILES string of the molecule is Cc1cc(C(N)C2=CCCO2)c2ccccc2n1. The van der Waals surface area contributed by atoms with E-state index in [0.717, 1.165) is 40.9 Å². The van der Waals surface area contributed by atoms with E-state index in [1.807, 2.05) is 25.1 Å². The van der Waals surface area contributed by atoms with Gasteiger partial charge in [0.25, 0.3) is 0 Å². The minimum Gasteiger partial charge on any atom is -0.496 e. The minimum atomic E-state index is -0.195. The third-order valence-electron chi connectivity index (χ3n) is 3.25. The van der Waals surface area contributed by atoms with Crippen molar-refractivity contribution in [1.29, 1.82) is 0 Å². The Balaban J connectivity index is 2.15. The monoisotopic (exact) mass is 240 g/mol. The second-order valence-electron chi connectivity index (χ2n) is 4.59. The molecule has 0 amide bonds. The van der Waals surface area contributed by atoms with E-state index in [1.165, 1.54) is 0 Å². The molecular formula is C15H16N2O. The molecular weight excluding hydrogens is 224 g/mol. The number of nitrogens with zero attached hydrogens (tertiary/aromatic N) is 1. The first kappa shape index (κ1) is 11.2. The number of hydrogen-bond acceptors (Lipinski definition) is 3. The number of para-hydroxylation sites is 1. The van der Waals surface area contributed by atoms with Crippen molar-refractivity contribution in [3.63, 3.8) is 0 Å². The zero-order valence-corrected chi connectivity index (χ0v) is 10.4. The largest absolute Gasteiger partial charge is 0.496 e. The van der Waals surface area contributed by atoms with Gasteiger partial charge in [-0.1, -0.05) is 18.2 Å². The van der Waals surface area contributed by atoms with E-state index in [0.29, 0.717) is 0 Å². The molecule has 2 aromatic rings. The Labute approximate surface area is 106 Å². The van der Waals surface area contributed by atoms with Gasteiger partial charge in [-0.25, -0.2) is 0 Å². The van der Waals surface area contributed by atoms with Gasteiger partial charge in [-0.15, -0.1) is 0 Å². The molecule has 1 aliphatic heterocycles. The van der Waals surface area contributed by atoms with Gasteiger partial charge in [-0.3, -0.25) is 4.98 Å². The van der Waals surface area contributed by atoms with Crippen molar-refractivity contribution in [2.24, 2.45) is 5.73 Å². The third kappa shape index (κ3) is 1.87. The fourth-order valence-electron chi connectivity index (χ4n) is 2.40. The summed E-state index contributed by atoms with van der Waals surface area (Å²) in [7, 11) is 0. The molecule has 0 aliphatic carbocycles. The predicted molar refractivity (Wildman–Crippen MR) is 72.1 cm³/mol. The summed E-state index contributed by atoms with van der Waals surface area (Å²) in [6.45, 7) is 2.73. The Hall–Kier alpha value is -1.87. The van der Waals surface area contributed by atoms with Crippen LogP contribution in [0.25, 0.3) is 10.9 Å². The number of pyridine rings is 1. The van der Waals surface area contributed by atoms with Crippen LogP contribution in [0.5, 0.6) is 0 Å². The van der Waals surface area contributed by atoms with Crippen LogP contribution in [0.2, 0.25) is 0 Å². The summed E-state index contributed by atoms with van der Waals surface area (Å²) in [6.07, 6.45) is 3.03. The second kappa shape index (κ2) is 4.42. The molecule has 1 atom stereocenters. The van der Waals surface area contributed by atoms with Crippen LogP contribution in [0, 0.1) is 6.92 Å². The van der Waals surface area contributed by atoms with Gasteiger partial charge in [0.05, 0.1) is 18.2 Å². The maximum atomic E-state index is 6.31. The normalized spacial score (nSPS) is 16.4. The maximum absolute atomic E-state index is 6.31. The van der Waals surface area contributed by atoms with Crippen molar-refractivity contribution in [3.8, 4) is 0 Å². The highest BCUT2D eigenvalue weighted by atomic mass is 16.5. The topological polar surface area (TPSA) is 48.1 Å². The van der Waals surface area contributed by atoms with Crippen LogP contribution >= 0.6 is 0 Å². The Morgan fingerprint density at radius 2 is 2.17 bits per heavy atom. The Kier molecular flexibility index (Phi) is 2.76. The van der Waals surface area contributed by atoms with Gasteiger partial charge < -0.3 is 10.5 Å². The van der Waals surface area contributed by atoms with Gasteiger partial charge in [-0.05, 0) is 30.7 Å². The summed E-state index contributed by atoms with van der Waals surface area (Å²) >= 11 is 0. The Bertz CT molecular complexity index is 619. The predicted octanol–water partition coefficient (Wildman–Crippen LogP) is 2.85. The molecule has 3 heteroatoms. The third-order valence-corrected chi connectivity index (χ3v) is 3.25. The standard InChI is InChI=1S/C15H16N2O/c1-10-9-12(15(16)14-7-4-8-18-14)11-5-2-3-6-13(11)17-10/h2-3,5-7,9,15H,4,8,16H2,1H3. The summed E-state index contributed by atoms with van der Waals surface area (Å²) in [5.74, 6) is 0.880. The zero-order chi connectivity index (χ0) is 12.5. The van der Waals surface area contributed by atoms with Crippen molar-refractivity contribution < 1.29 is 4.74 Å². The minimum absolute atomic E-state index is 0.195. The summed E-state index contributed by atoms with van der Waals surface area (Å²) in [5.41, 5.74) is 9.37. The van der Waals surface area contributed by atoms with Crippen molar-refractivity contribution in [2.45, 2.75) is 19.4 Å². The molecule has 0 radical (unpaired) electrons. The lowest BCUT2D eigenvalue weighted by atomic mass is 10.00. The average Bonchev–Trinajstić information content (AvgIpc) is 2.90. The number of nitrogens with two attached hydrogens (primary N) is 1. The van der Waals surface area contributed by atoms with Gasteiger partial charge in [0.1, 0.15) is 5.76 Å². The van der Waals surface area contributed by atoms with Gasteiger partial charge in [-0.2, -0.15) is 0 Å². The highest BCUT2D eigenvalue weighted by Gasteiger charge is 2.19. The Morgan fingerprint density at radius 1 is 1.33 bits per heavy atom. The van der Waals surface area contributed by atoms with Crippen LogP contribution in [0.15, 0.2) is 42.2 Å². The molecule has 1 unspecified atom stereocenters. The number of hydrogen-bond donors (Lipinski definition) is 1. The molecule has 2 heterocycles. The van der Waals surface area contributed by atoms with Crippen LogP contribution < -0.4 is 5.73 Å². The van der Waals surface area contributed by atoms with Crippen molar-refractivity contribution in [2.75, 3.05) is 6.61 Å². The number of fused-ring (bicyclic) bond motifs is 1. The first-order valence-electron chi connectivity index (χ1n) is 6.20. The number of aryl methyl sites for hydroxylation is 1. The highest BCUT2D eigenvalue weighted by molar-refractivity contribution is 5.83. The van der Waals surface area contributed by atoms with E-state index in [4.69, 9.17) is 10.5 Å². The molecule has 92 valence electrons. The van der Waals surface area contributed by atoms with E-state index in [9.17, 15) is 0 Å². The summed E-state index contributed by atoms with van der Waals surface area (Å²) in [4.78, 5) is 4.53. The molecule has 0 bridgehead atoms.